The number of rotatable bonds is 2. The van der Waals surface area contributed by atoms with E-state index in [1.165, 1.54) is 12.8 Å². The Labute approximate surface area is 73.2 Å². The average Bonchev–Trinajstić information content (AvgIpc) is 1.71. The van der Waals surface area contributed by atoms with Crippen LogP contribution in [-0.4, -0.2) is 0 Å². The zero-order chi connectivity index (χ0) is 6.83. The molecule has 0 aromatic heterocycles. The van der Waals surface area contributed by atoms with Crippen molar-refractivity contribution >= 4 is 0 Å². The van der Waals surface area contributed by atoms with Gasteiger partial charge in [0.05, 0.1) is 0 Å². The maximum absolute atomic E-state index is 2.18. The van der Waals surface area contributed by atoms with Gasteiger partial charge in [0.15, 0.2) is 0 Å². The molecule has 0 aromatic rings. The third-order valence-corrected chi connectivity index (χ3v) is 0.577. The van der Waals surface area contributed by atoms with Crippen LogP contribution in [0.3, 0.4) is 0 Å². The van der Waals surface area contributed by atoms with Crippen molar-refractivity contribution in [2.24, 2.45) is 0 Å². The first-order chi connectivity index (χ1) is 3.83. The molecule has 0 saturated carbocycles. The second kappa shape index (κ2) is 23.4. The third-order valence-electron chi connectivity index (χ3n) is 0.577. The molecule has 0 aliphatic carbocycles. The SMILES string of the molecule is C[CH-]C.C[CH-]CCC.[Zn+2]. The zero-order valence-electron chi connectivity index (χ0n) is 7.28. The largest absolute Gasteiger partial charge is 2.00 e. The molecule has 0 aromatic carbocycles. The molecule has 0 nitrogen and oxygen atoms in total. The van der Waals surface area contributed by atoms with Crippen LogP contribution in [0.1, 0.15) is 40.5 Å². The molecule has 9 heavy (non-hydrogen) atoms. The van der Waals surface area contributed by atoms with Gasteiger partial charge in [0, 0.05) is 0 Å². The summed E-state index contributed by atoms with van der Waals surface area (Å²) in [4.78, 5) is 0. The molecule has 0 radical (unpaired) electrons. The first-order valence-corrected chi connectivity index (χ1v) is 3.35. The van der Waals surface area contributed by atoms with E-state index in [0.29, 0.717) is 0 Å². The maximum atomic E-state index is 2.18. The van der Waals surface area contributed by atoms with Crippen LogP contribution in [-0.2, 0) is 19.5 Å². The molecule has 0 spiro atoms. The molecule has 0 saturated heterocycles. The molecule has 0 atom stereocenters. The molecule has 0 amide bonds. The summed E-state index contributed by atoms with van der Waals surface area (Å²) in [7, 11) is 0. The predicted molar refractivity (Wildman–Crippen MR) is 40.5 cm³/mol. The molecule has 0 fully saturated rings. The molecule has 52 valence electrons. The van der Waals surface area contributed by atoms with E-state index >= 15 is 0 Å². The third kappa shape index (κ3) is 55.0. The summed E-state index contributed by atoms with van der Waals surface area (Å²) in [6, 6.07) is 0. The first-order valence-electron chi connectivity index (χ1n) is 3.35. The molecule has 0 aliphatic rings. The zero-order valence-corrected chi connectivity index (χ0v) is 10.2. The quantitative estimate of drug-likeness (QED) is 0.451. The minimum absolute atomic E-state index is 0. The monoisotopic (exact) mass is 178 g/mol. The van der Waals surface area contributed by atoms with E-state index in [9.17, 15) is 0 Å². The fourth-order valence-corrected chi connectivity index (χ4v) is 0.289. The van der Waals surface area contributed by atoms with E-state index in [4.69, 9.17) is 0 Å². The van der Waals surface area contributed by atoms with Gasteiger partial charge in [-0.1, -0.05) is 13.3 Å². The Bertz CT molecular complexity index is 18.5. The van der Waals surface area contributed by atoms with Crippen molar-refractivity contribution < 1.29 is 19.5 Å². The predicted octanol–water partition coefficient (Wildman–Crippen LogP) is 3.24. The van der Waals surface area contributed by atoms with Crippen molar-refractivity contribution in [1.29, 1.82) is 0 Å². The Morgan fingerprint density at radius 2 is 1.44 bits per heavy atom. The van der Waals surface area contributed by atoms with Crippen LogP contribution in [0.25, 0.3) is 0 Å². The van der Waals surface area contributed by atoms with Gasteiger partial charge < -0.3 is 12.8 Å². The van der Waals surface area contributed by atoms with Gasteiger partial charge in [-0.2, -0.15) is 27.2 Å². The smallest absolute Gasteiger partial charge is 0.335 e. The van der Waals surface area contributed by atoms with Crippen LogP contribution < -0.4 is 0 Å². The minimum Gasteiger partial charge on any atom is -0.335 e. The van der Waals surface area contributed by atoms with Crippen molar-refractivity contribution in [3.05, 3.63) is 12.8 Å². The van der Waals surface area contributed by atoms with Gasteiger partial charge in [0.25, 0.3) is 0 Å². The van der Waals surface area contributed by atoms with Crippen LogP contribution in [0.5, 0.6) is 0 Å². The van der Waals surface area contributed by atoms with Gasteiger partial charge in [-0.3, -0.25) is 0 Å². The van der Waals surface area contributed by atoms with Gasteiger partial charge in [-0.25, -0.2) is 0 Å². The molecular weight excluding hydrogens is 161 g/mol. The van der Waals surface area contributed by atoms with E-state index in [1.807, 2.05) is 20.3 Å². The number of hydrogen-bond donors (Lipinski definition) is 0. The summed E-state index contributed by atoms with van der Waals surface area (Å²) < 4.78 is 0. The summed E-state index contributed by atoms with van der Waals surface area (Å²) >= 11 is 0. The Morgan fingerprint density at radius 1 is 1.11 bits per heavy atom. The standard InChI is InChI=1S/C5H11.C3H7.Zn/c1-3-5-4-2;1-3-2;/h3H,4-5H2,1-2H3;3H,1-2H3;/q2*-1;+2. The normalized spacial score (nSPS) is 6.67. The molecule has 0 rings (SSSR count). The Kier molecular flexibility index (Phi) is 42.5. The Balaban J connectivity index is -0.0000000800. The van der Waals surface area contributed by atoms with Crippen molar-refractivity contribution in [2.75, 3.05) is 0 Å². The summed E-state index contributed by atoms with van der Waals surface area (Å²) in [5, 5.41) is 0. The van der Waals surface area contributed by atoms with Crippen LogP contribution in [0.2, 0.25) is 0 Å². The topological polar surface area (TPSA) is 0 Å². The molecule has 0 aliphatic heterocycles. The molecule has 0 bridgehead atoms. The van der Waals surface area contributed by atoms with Gasteiger partial charge in [0.2, 0.25) is 0 Å². The van der Waals surface area contributed by atoms with Crippen LogP contribution in [0, 0.1) is 12.8 Å². The fourth-order valence-electron chi connectivity index (χ4n) is 0.289. The van der Waals surface area contributed by atoms with Crippen molar-refractivity contribution in [3.63, 3.8) is 0 Å². The Hall–Kier alpha value is 0.623. The molecular formula is C8H18Zn. The molecule has 0 N–H and O–H groups in total. The maximum Gasteiger partial charge on any atom is 2.00 e. The van der Waals surface area contributed by atoms with Gasteiger partial charge >= 0.3 is 19.5 Å². The summed E-state index contributed by atoms with van der Waals surface area (Å²) in [5.74, 6) is 0. The molecule has 0 unspecified atom stereocenters. The minimum atomic E-state index is 0. The summed E-state index contributed by atoms with van der Waals surface area (Å²) in [6.45, 7) is 8.27. The van der Waals surface area contributed by atoms with E-state index < -0.39 is 0 Å². The second-order valence-corrected chi connectivity index (χ2v) is 1.77. The summed E-state index contributed by atoms with van der Waals surface area (Å²) in [6.07, 6.45) is 6.73. The van der Waals surface area contributed by atoms with Crippen LogP contribution in [0.4, 0.5) is 0 Å². The van der Waals surface area contributed by atoms with Crippen molar-refractivity contribution in [2.45, 2.75) is 40.5 Å². The van der Waals surface area contributed by atoms with E-state index in [0.717, 1.165) is 0 Å². The van der Waals surface area contributed by atoms with Crippen LogP contribution >= 0.6 is 0 Å². The van der Waals surface area contributed by atoms with Crippen LogP contribution in [0.15, 0.2) is 0 Å². The van der Waals surface area contributed by atoms with E-state index in [2.05, 4.69) is 20.3 Å². The fraction of sp³-hybridized carbons (Fsp3) is 0.750. The van der Waals surface area contributed by atoms with Crippen molar-refractivity contribution in [1.82, 2.24) is 0 Å². The van der Waals surface area contributed by atoms with E-state index in [-0.39, 0.29) is 19.5 Å². The van der Waals surface area contributed by atoms with Gasteiger partial charge in [-0.15, -0.1) is 0 Å². The first kappa shape index (κ1) is 16.3. The molecule has 1 heteroatoms. The van der Waals surface area contributed by atoms with Crippen molar-refractivity contribution in [3.8, 4) is 0 Å². The Morgan fingerprint density at radius 3 is 1.44 bits per heavy atom. The second-order valence-electron chi connectivity index (χ2n) is 1.77. The number of unbranched alkanes of at least 4 members (excludes halogenated alkanes) is 2. The van der Waals surface area contributed by atoms with Gasteiger partial charge in [0.1, 0.15) is 0 Å². The summed E-state index contributed by atoms with van der Waals surface area (Å²) in [5.41, 5.74) is 0. The average molecular weight is 180 g/mol. The van der Waals surface area contributed by atoms with E-state index in [1.54, 1.807) is 0 Å². The van der Waals surface area contributed by atoms with Gasteiger partial charge in [-0.05, 0) is 0 Å². The number of hydrogen-bond acceptors (Lipinski definition) is 0. The molecule has 0 heterocycles.